The highest BCUT2D eigenvalue weighted by molar-refractivity contribution is 7.90. The fraction of sp³-hybridized carbons (Fsp3) is 0.440. The molecule has 0 bridgehead atoms. The van der Waals surface area contributed by atoms with Crippen molar-refractivity contribution in [3.05, 3.63) is 63.9 Å². The van der Waals surface area contributed by atoms with E-state index in [4.69, 9.17) is 23.2 Å². The van der Waals surface area contributed by atoms with Gasteiger partial charge in [-0.05, 0) is 56.2 Å². The average Bonchev–Trinajstić information content (AvgIpc) is 2.84. The second-order valence-corrected chi connectivity index (χ2v) is 11.6. The van der Waals surface area contributed by atoms with Gasteiger partial charge in [0.25, 0.3) is 0 Å². The molecule has 0 fully saturated rings. The first-order valence-electron chi connectivity index (χ1n) is 11.8. The van der Waals surface area contributed by atoms with E-state index in [1.165, 1.54) is 31.1 Å². The minimum absolute atomic E-state index is 0.0938. The van der Waals surface area contributed by atoms with E-state index in [0.717, 1.165) is 20.7 Å². The molecule has 0 aliphatic heterocycles. The second-order valence-electron chi connectivity index (χ2n) is 8.74. The van der Waals surface area contributed by atoms with Crippen LogP contribution in [0.2, 0.25) is 10.0 Å². The first-order chi connectivity index (χ1) is 17.3. The minimum Gasteiger partial charge on any atom is -0.352 e. The Kier molecular flexibility index (Phi) is 11.2. The highest BCUT2D eigenvalue weighted by Crippen LogP contribution is 2.28. The van der Waals surface area contributed by atoms with Crippen molar-refractivity contribution in [1.82, 2.24) is 14.5 Å². The molecule has 2 aromatic carbocycles. The molecule has 0 radical (unpaired) electrons. The van der Waals surface area contributed by atoms with E-state index in [1.54, 1.807) is 25.1 Å². The van der Waals surface area contributed by atoms with Gasteiger partial charge in [-0.15, -0.1) is 0 Å². The smallest absolute Gasteiger partial charge is 0.304 e. The van der Waals surface area contributed by atoms with Crippen molar-refractivity contribution in [2.75, 3.05) is 24.9 Å². The third kappa shape index (κ3) is 7.80. The molecule has 0 saturated carbocycles. The number of rotatable bonds is 12. The molecule has 0 aliphatic rings. The van der Waals surface area contributed by atoms with Crippen molar-refractivity contribution in [2.45, 2.75) is 52.2 Å². The van der Waals surface area contributed by atoms with E-state index < -0.39 is 34.5 Å². The van der Waals surface area contributed by atoms with E-state index >= 15 is 0 Å². The third-order valence-corrected chi connectivity index (χ3v) is 8.44. The van der Waals surface area contributed by atoms with Gasteiger partial charge in [-0.25, -0.2) is 8.70 Å². The summed E-state index contributed by atoms with van der Waals surface area (Å²) in [6.45, 7) is 4.76. The fourth-order valence-electron chi connectivity index (χ4n) is 3.54. The van der Waals surface area contributed by atoms with Crippen LogP contribution < -0.4 is 9.62 Å². The van der Waals surface area contributed by atoms with E-state index in [0.29, 0.717) is 22.0 Å². The van der Waals surface area contributed by atoms with Crippen LogP contribution in [0.1, 0.15) is 39.2 Å². The van der Waals surface area contributed by atoms with Crippen molar-refractivity contribution in [3.63, 3.8) is 0 Å². The van der Waals surface area contributed by atoms with Gasteiger partial charge >= 0.3 is 10.2 Å². The van der Waals surface area contributed by atoms with Gasteiger partial charge in [0.15, 0.2) is 0 Å². The summed E-state index contributed by atoms with van der Waals surface area (Å²) in [6.07, 6.45) is 0.943. The van der Waals surface area contributed by atoms with Crippen LogP contribution >= 0.6 is 23.2 Å². The first kappa shape index (κ1) is 30.8. The van der Waals surface area contributed by atoms with E-state index in [9.17, 15) is 22.4 Å². The summed E-state index contributed by atoms with van der Waals surface area (Å²) in [5.74, 6) is -1.59. The topological polar surface area (TPSA) is 90.0 Å². The Morgan fingerprint density at radius 3 is 2.05 bits per heavy atom. The Hall–Kier alpha value is -2.40. The molecule has 0 aliphatic carbocycles. The molecule has 1 N–H and O–H groups in total. The van der Waals surface area contributed by atoms with Crippen LogP contribution in [0.4, 0.5) is 10.1 Å². The van der Waals surface area contributed by atoms with Crippen LogP contribution in [-0.2, 0) is 26.3 Å². The maximum atomic E-state index is 13.8. The predicted molar refractivity (Wildman–Crippen MR) is 145 cm³/mol. The van der Waals surface area contributed by atoms with E-state index in [2.05, 4.69) is 5.32 Å². The Morgan fingerprint density at radius 2 is 1.57 bits per heavy atom. The molecule has 0 saturated heterocycles. The Labute approximate surface area is 228 Å². The molecule has 0 heterocycles. The third-order valence-electron chi connectivity index (χ3n) is 5.91. The SMILES string of the molecule is CCC(C)NC(=O)C(CC)N(Cc1c(Cl)cccc1Cl)C(=O)CN(c1ccc(F)cc1)S(=O)(=O)N(C)C. The molecule has 2 unspecified atom stereocenters. The maximum absolute atomic E-state index is 13.8. The standard InChI is InChI=1S/C25H33Cl2FN4O4S/c1-6-17(3)29-25(34)23(7-2)31(15-20-21(26)9-8-10-22(20)27)24(33)16-32(37(35,36)30(4)5)19-13-11-18(28)12-14-19/h8-14,17,23H,6-7,15-16H2,1-5H3,(H,29,34). The van der Waals surface area contributed by atoms with Gasteiger partial charge in [-0.2, -0.15) is 12.7 Å². The van der Waals surface area contributed by atoms with Gasteiger partial charge in [0.2, 0.25) is 11.8 Å². The average molecular weight is 576 g/mol. The number of amides is 2. The van der Waals surface area contributed by atoms with Gasteiger partial charge in [0, 0.05) is 42.3 Å². The summed E-state index contributed by atoms with van der Waals surface area (Å²) in [7, 11) is -1.50. The molecule has 204 valence electrons. The zero-order valence-electron chi connectivity index (χ0n) is 21.5. The molecule has 2 rings (SSSR count). The number of nitrogens with zero attached hydrogens (tertiary/aromatic N) is 3. The molecule has 2 aromatic rings. The highest BCUT2D eigenvalue weighted by atomic mass is 35.5. The number of hydrogen-bond acceptors (Lipinski definition) is 4. The van der Waals surface area contributed by atoms with E-state index in [1.807, 2.05) is 13.8 Å². The number of carbonyl (C=O) groups is 2. The Bertz CT molecular complexity index is 1180. The Balaban J connectivity index is 2.56. The largest absolute Gasteiger partial charge is 0.352 e. The van der Waals surface area contributed by atoms with Gasteiger partial charge in [-0.3, -0.25) is 9.59 Å². The van der Waals surface area contributed by atoms with Crippen molar-refractivity contribution in [1.29, 1.82) is 0 Å². The summed E-state index contributed by atoms with van der Waals surface area (Å²) >= 11 is 12.7. The first-order valence-corrected chi connectivity index (χ1v) is 14.0. The summed E-state index contributed by atoms with van der Waals surface area (Å²) in [6, 6.07) is 8.59. The van der Waals surface area contributed by atoms with Crippen LogP contribution in [-0.4, -0.2) is 62.2 Å². The zero-order valence-corrected chi connectivity index (χ0v) is 23.9. The molecule has 0 spiro atoms. The monoisotopic (exact) mass is 574 g/mol. The predicted octanol–water partition coefficient (Wildman–Crippen LogP) is 4.47. The lowest BCUT2D eigenvalue weighted by molar-refractivity contribution is -0.140. The molecular formula is C25H33Cl2FN4O4S. The van der Waals surface area contributed by atoms with Crippen LogP contribution in [0.15, 0.2) is 42.5 Å². The molecular weight excluding hydrogens is 542 g/mol. The minimum atomic E-state index is -4.15. The van der Waals surface area contributed by atoms with Crippen molar-refractivity contribution < 1.29 is 22.4 Å². The van der Waals surface area contributed by atoms with Crippen LogP contribution in [0.25, 0.3) is 0 Å². The summed E-state index contributed by atoms with van der Waals surface area (Å²) < 4.78 is 41.7. The molecule has 0 aromatic heterocycles. The summed E-state index contributed by atoms with van der Waals surface area (Å²) in [5, 5.41) is 3.50. The number of halogens is 3. The number of hydrogen-bond donors (Lipinski definition) is 1. The quantitative estimate of drug-likeness (QED) is 0.405. The summed E-state index contributed by atoms with van der Waals surface area (Å²) in [5.41, 5.74) is 0.522. The zero-order chi connectivity index (χ0) is 27.9. The maximum Gasteiger partial charge on any atom is 0.304 e. The lowest BCUT2D eigenvalue weighted by Gasteiger charge is -2.34. The fourth-order valence-corrected chi connectivity index (χ4v) is 5.11. The van der Waals surface area contributed by atoms with Gasteiger partial charge in [0.1, 0.15) is 18.4 Å². The van der Waals surface area contributed by atoms with Gasteiger partial charge < -0.3 is 10.2 Å². The normalized spacial score (nSPS) is 13.2. The van der Waals surface area contributed by atoms with Gasteiger partial charge in [-0.1, -0.05) is 43.1 Å². The number of carbonyl (C=O) groups excluding carboxylic acids is 2. The molecule has 12 heteroatoms. The van der Waals surface area contributed by atoms with Crippen LogP contribution in [0.3, 0.4) is 0 Å². The number of benzene rings is 2. The second kappa shape index (κ2) is 13.4. The molecule has 2 amide bonds. The lowest BCUT2D eigenvalue weighted by Crippen LogP contribution is -2.54. The lowest BCUT2D eigenvalue weighted by atomic mass is 10.1. The molecule has 2 atom stereocenters. The number of nitrogens with one attached hydrogen (secondary N) is 1. The summed E-state index contributed by atoms with van der Waals surface area (Å²) in [4.78, 5) is 28.3. The Morgan fingerprint density at radius 1 is 1.00 bits per heavy atom. The highest BCUT2D eigenvalue weighted by Gasteiger charge is 2.34. The van der Waals surface area contributed by atoms with Crippen LogP contribution in [0.5, 0.6) is 0 Å². The van der Waals surface area contributed by atoms with Crippen molar-refractivity contribution in [2.24, 2.45) is 0 Å². The number of anilines is 1. The van der Waals surface area contributed by atoms with Crippen LogP contribution in [0, 0.1) is 5.82 Å². The van der Waals surface area contributed by atoms with Crippen molar-refractivity contribution in [3.8, 4) is 0 Å². The van der Waals surface area contributed by atoms with Crippen molar-refractivity contribution >= 4 is 50.9 Å². The molecule has 8 nitrogen and oxygen atoms in total. The van der Waals surface area contributed by atoms with Gasteiger partial charge in [0.05, 0.1) is 5.69 Å². The molecule has 37 heavy (non-hydrogen) atoms. The van der Waals surface area contributed by atoms with E-state index in [-0.39, 0.29) is 30.6 Å².